The number of anilines is 1. The molecule has 1 aliphatic carbocycles. The van der Waals surface area contributed by atoms with Gasteiger partial charge >= 0.3 is 6.09 Å². The highest BCUT2D eigenvalue weighted by Crippen LogP contribution is 2.32. The molecule has 1 aromatic heterocycles. The molecule has 162 valence electrons. The minimum atomic E-state index is -0.426. The highest BCUT2D eigenvalue weighted by molar-refractivity contribution is 5.92. The van der Waals surface area contributed by atoms with Crippen LogP contribution in [-0.2, 0) is 16.1 Å². The Morgan fingerprint density at radius 1 is 1.23 bits per heavy atom. The summed E-state index contributed by atoms with van der Waals surface area (Å²) in [7, 11) is 0. The van der Waals surface area contributed by atoms with Crippen molar-refractivity contribution in [2.45, 2.75) is 45.3 Å². The van der Waals surface area contributed by atoms with E-state index in [4.69, 9.17) is 10.3 Å². The van der Waals surface area contributed by atoms with E-state index in [1.165, 1.54) is 12.3 Å². The van der Waals surface area contributed by atoms with Gasteiger partial charge in [-0.25, -0.2) is 4.79 Å². The third-order valence-electron chi connectivity index (χ3n) is 5.57. The largest absolute Gasteiger partial charge is 0.445 e. The normalized spacial score (nSPS) is 18.9. The van der Waals surface area contributed by atoms with E-state index in [1.54, 1.807) is 6.07 Å². The molecular weight excluding hydrogens is 396 g/mol. The first kappa shape index (κ1) is 22.1. The number of carbonyl (C=O) groups excluding carboxylic acids is 2. The number of ether oxygens (including phenoxy) is 1. The van der Waals surface area contributed by atoms with Gasteiger partial charge in [0, 0.05) is 28.8 Å². The van der Waals surface area contributed by atoms with Crippen LogP contribution in [0.2, 0.25) is 0 Å². The monoisotopic (exact) mass is 422 g/mol. The first-order valence-corrected chi connectivity index (χ1v) is 10.3. The highest BCUT2D eigenvalue weighted by atomic mass is 16.5. The molecule has 1 aromatic carbocycles. The molecule has 1 fully saturated rings. The van der Waals surface area contributed by atoms with Crippen molar-refractivity contribution in [2.75, 3.05) is 5.32 Å². The number of alkyl carbamates (subject to hydrolysis) is 1. The average molecular weight is 422 g/mol. The van der Waals surface area contributed by atoms with Crippen molar-refractivity contribution in [3.63, 3.8) is 0 Å². The fraction of sp³-hybridized carbons (Fsp3) is 0.409. The van der Waals surface area contributed by atoms with Crippen LogP contribution in [0.1, 0.15) is 38.2 Å². The lowest BCUT2D eigenvalue weighted by atomic mass is 9.78. The van der Waals surface area contributed by atoms with Crippen LogP contribution in [0.15, 0.2) is 53.8 Å². The van der Waals surface area contributed by atoms with Gasteiger partial charge in [0.1, 0.15) is 12.4 Å². The number of pyridine rings is 1. The standard InChI is InChI=1S/C22H26N6O3/c1-15(25-22(30)31-14-16-5-3-2-4-6-16)17-7-9-18(10-8-17)21(29)26-19-11-12-24-20(13-19)27-28-23/h2-6,11-13,15,17-18H,7-10,14H2,1H3,(H,25,30)(H,24,26,29)/t15-,17?,18?/m1/s1. The Morgan fingerprint density at radius 3 is 2.68 bits per heavy atom. The first-order valence-electron chi connectivity index (χ1n) is 10.3. The van der Waals surface area contributed by atoms with E-state index in [1.807, 2.05) is 37.3 Å². The molecule has 3 rings (SSSR count). The second kappa shape index (κ2) is 11.0. The summed E-state index contributed by atoms with van der Waals surface area (Å²) >= 11 is 0. The summed E-state index contributed by atoms with van der Waals surface area (Å²) in [6, 6.07) is 12.7. The fourth-order valence-electron chi connectivity index (χ4n) is 3.79. The molecule has 2 aromatic rings. The lowest BCUT2D eigenvalue weighted by Gasteiger charge is -2.31. The van der Waals surface area contributed by atoms with Gasteiger partial charge in [0.05, 0.1) is 0 Å². The zero-order valence-electron chi connectivity index (χ0n) is 17.4. The molecule has 1 aliphatic rings. The van der Waals surface area contributed by atoms with E-state index in [0.29, 0.717) is 11.6 Å². The lowest BCUT2D eigenvalue weighted by molar-refractivity contribution is -0.121. The number of nitrogens with zero attached hydrogens (tertiary/aromatic N) is 4. The molecule has 1 atom stereocenters. The number of carbonyl (C=O) groups is 2. The van der Waals surface area contributed by atoms with E-state index in [-0.39, 0.29) is 30.3 Å². The highest BCUT2D eigenvalue weighted by Gasteiger charge is 2.30. The summed E-state index contributed by atoms with van der Waals surface area (Å²) in [4.78, 5) is 31.3. The number of hydrogen-bond donors (Lipinski definition) is 2. The van der Waals surface area contributed by atoms with Crippen molar-refractivity contribution < 1.29 is 14.3 Å². The van der Waals surface area contributed by atoms with E-state index in [9.17, 15) is 9.59 Å². The molecule has 2 N–H and O–H groups in total. The zero-order chi connectivity index (χ0) is 22.1. The van der Waals surface area contributed by atoms with Gasteiger partial charge in [-0.15, -0.1) is 0 Å². The average Bonchev–Trinajstić information content (AvgIpc) is 2.79. The molecule has 31 heavy (non-hydrogen) atoms. The lowest BCUT2D eigenvalue weighted by Crippen LogP contribution is -2.40. The molecule has 1 saturated carbocycles. The van der Waals surface area contributed by atoms with Gasteiger partial charge in [-0.1, -0.05) is 30.3 Å². The molecule has 0 unspecified atom stereocenters. The molecule has 0 saturated heterocycles. The van der Waals surface area contributed by atoms with Crippen LogP contribution < -0.4 is 10.6 Å². The Balaban J connectivity index is 1.42. The van der Waals surface area contributed by atoms with Crippen molar-refractivity contribution in [2.24, 2.45) is 17.0 Å². The van der Waals surface area contributed by atoms with Crippen LogP contribution in [0.25, 0.3) is 10.4 Å². The molecular formula is C22H26N6O3. The Bertz CT molecular complexity index is 937. The van der Waals surface area contributed by atoms with Gasteiger partial charge in [0.25, 0.3) is 0 Å². The Hall–Kier alpha value is -3.58. The maximum atomic E-state index is 12.6. The molecule has 0 aliphatic heterocycles. The number of hydrogen-bond acceptors (Lipinski definition) is 5. The van der Waals surface area contributed by atoms with Gasteiger partial charge in [0.2, 0.25) is 5.91 Å². The number of amides is 2. The smallest absolute Gasteiger partial charge is 0.407 e. The van der Waals surface area contributed by atoms with Crippen LogP contribution >= 0.6 is 0 Å². The van der Waals surface area contributed by atoms with Crippen molar-refractivity contribution in [3.8, 4) is 0 Å². The minimum Gasteiger partial charge on any atom is -0.445 e. The van der Waals surface area contributed by atoms with Crippen molar-refractivity contribution in [1.82, 2.24) is 10.3 Å². The molecule has 9 nitrogen and oxygen atoms in total. The van der Waals surface area contributed by atoms with Crippen molar-refractivity contribution in [3.05, 3.63) is 64.7 Å². The van der Waals surface area contributed by atoms with Crippen molar-refractivity contribution in [1.29, 1.82) is 0 Å². The summed E-state index contributed by atoms with van der Waals surface area (Å²) in [5.41, 5.74) is 10.00. The third-order valence-corrected chi connectivity index (χ3v) is 5.57. The third kappa shape index (κ3) is 6.72. The van der Waals surface area contributed by atoms with E-state index >= 15 is 0 Å². The summed E-state index contributed by atoms with van der Waals surface area (Å²) in [6.45, 7) is 2.21. The number of rotatable bonds is 7. The predicted molar refractivity (Wildman–Crippen MR) is 116 cm³/mol. The predicted octanol–water partition coefficient (Wildman–Crippen LogP) is 5.08. The Labute approximate surface area is 180 Å². The van der Waals surface area contributed by atoms with E-state index in [2.05, 4.69) is 25.6 Å². The summed E-state index contributed by atoms with van der Waals surface area (Å²) < 4.78 is 5.29. The Kier molecular flexibility index (Phi) is 7.84. The van der Waals surface area contributed by atoms with Gasteiger partial charge in [-0.2, -0.15) is 0 Å². The van der Waals surface area contributed by atoms with Crippen LogP contribution in [0.4, 0.5) is 16.3 Å². The number of aromatic nitrogens is 1. The maximum Gasteiger partial charge on any atom is 0.407 e. The SMILES string of the molecule is C[C@@H](NC(=O)OCc1ccccc1)C1CCC(C(=O)Nc2ccnc(N=[N+]=[N-])c2)CC1. The quantitative estimate of drug-likeness (QED) is 0.366. The molecule has 2 amide bonds. The first-order chi connectivity index (χ1) is 15.0. The summed E-state index contributed by atoms with van der Waals surface area (Å²) in [5, 5.41) is 9.22. The molecule has 0 bridgehead atoms. The zero-order valence-corrected chi connectivity index (χ0v) is 17.4. The minimum absolute atomic E-state index is 0.0288. The fourth-order valence-corrected chi connectivity index (χ4v) is 3.79. The van der Waals surface area contributed by atoms with Crippen LogP contribution in [0.3, 0.4) is 0 Å². The van der Waals surface area contributed by atoms with Gasteiger partial charge in [-0.05, 0) is 66.9 Å². The number of benzene rings is 1. The summed E-state index contributed by atoms with van der Waals surface area (Å²) in [5.74, 6) is 0.359. The molecule has 9 heteroatoms. The number of nitrogens with one attached hydrogen (secondary N) is 2. The second-order valence-corrected chi connectivity index (χ2v) is 7.69. The molecule has 0 spiro atoms. The summed E-state index contributed by atoms with van der Waals surface area (Å²) in [6.07, 6.45) is 4.24. The van der Waals surface area contributed by atoms with Crippen LogP contribution in [0.5, 0.6) is 0 Å². The van der Waals surface area contributed by atoms with E-state index < -0.39 is 6.09 Å². The Morgan fingerprint density at radius 2 is 1.97 bits per heavy atom. The van der Waals surface area contributed by atoms with Crippen molar-refractivity contribution >= 4 is 23.5 Å². The molecule has 0 radical (unpaired) electrons. The second-order valence-electron chi connectivity index (χ2n) is 7.69. The van der Waals surface area contributed by atoms with Gasteiger partial charge < -0.3 is 15.4 Å². The van der Waals surface area contributed by atoms with Crippen LogP contribution in [0, 0.1) is 11.8 Å². The van der Waals surface area contributed by atoms with Crippen LogP contribution in [-0.4, -0.2) is 23.0 Å². The van der Waals surface area contributed by atoms with Gasteiger partial charge in [0.15, 0.2) is 0 Å². The topological polar surface area (TPSA) is 129 Å². The van der Waals surface area contributed by atoms with Gasteiger partial charge in [-0.3, -0.25) is 9.78 Å². The maximum absolute atomic E-state index is 12.6. The van der Waals surface area contributed by atoms with E-state index in [0.717, 1.165) is 31.2 Å². The molecule has 1 heterocycles. The number of azide groups is 1.